The Hall–Kier alpha value is -4.88. The molecule has 6 rings (SSSR count). The molecule has 0 radical (unpaired) electrons. The van der Waals surface area contributed by atoms with Crippen LogP contribution in [0.15, 0.2) is 71.5 Å². The lowest BCUT2D eigenvalue weighted by Gasteiger charge is -2.19. The highest BCUT2D eigenvalue weighted by atomic mass is 35.5. The molecule has 3 heterocycles. The summed E-state index contributed by atoms with van der Waals surface area (Å²) >= 11 is 6.85. The van der Waals surface area contributed by atoms with Crippen molar-refractivity contribution in [3.63, 3.8) is 0 Å². The van der Waals surface area contributed by atoms with Crippen LogP contribution in [0.1, 0.15) is 69.7 Å². The van der Waals surface area contributed by atoms with Crippen molar-refractivity contribution in [2.24, 2.45) is 0 Å². The number of pyridine rings is 1. The van der Waals surface area contributed by atoms with Crippen LogP contribution in [0.3, 0.4) is 0 Å². The second kappa shape index (κ2) is 17.6. The van der Waals surface area contributed by atoms with E-state index in [2.05, 4.69) is 76.7 Å². The fourth-order valence-corrected chi connectivity index (χ4v) is 6.89. The first-order valence-corrected chi connectivity index (χ1v) is 18.3. The van der Waals surface area contributed by atoms with Crippen LogP contribution in [0, 0.1) is 39.0 Å². The minimum absolute atomic E-state index is 0.224. The summed E-state index contributed by atoms with van der Waals surface area (Å²) in [5.74, 6) is 2.84. The van der Waals surface area contributed by atoms with Crippen molar-refractivity contribution >= 4 is 11.6 Å². The van der Waals surface area contributed by atoms with E-state index in [9.17, 15) is 5.26 Å². The summed E-state index contributed by atoms with van der Waals surface area (Å²) in [5, 5.41) is 17.3. The topological polar surface area (TPSA) is 106 Å². The Kier molecular flexibility index (Phi) is 12.5. The van der Waals surface area contributed by atoms with Crippen LogP contribution in [0.4, 0.5) is 0 Å². The molecule has 0 unspecified atom stereocenters. The lowest BCUT2D eigenvalue weighted by atomic mass is 9.93. The van der Waals surface area contributed by atoms with Gasteiger partial charge in [0.05, 0.1) is 22.9 Å². The maximum absolute atomic E-state index is 9.34. The fourth-order valence-electron chi connectivity index (χ4n) is 6.65. The standard InChI is InChI=1S/C42H46ClN5O4/c1-28-34(10-7-11-36(28)37-12-8-13-40(29(37)2)49-17-9-16-48-14-5-6-15-48)27-51-42-20-41(50-26-33-18-32(21-44)22-45-23-33)35(19-39(42)43)24-46-25-38-30(3)47-52-31(38)4/h7-8,10-13,18-20,22-23,46H,5-6,9,14-17,24-27H2,1-4H3. The van der Waals surface area contributed by atoms with E-state index in [1.54, 1.807) is 12.3 Å². The van der Waals surface area contributed by atoms with E-state index in [1.807, 2.05) is 26.0 Å². The summed E-state index contributed by atoms with van der Waals surface area (Å²) in [4.78, 5) is 6.70. The number of nitrogens with zero attached hydrogens (tertiary/aromatic N) is 4. The van der Waals surface area contributed by atoms with E-state index in [-0.39, 0.29) is 6.61 Å². The average Bonchev–Trinajstić information content (AvgIpc) is 3.79. The van der Waals surface area contributed by atoms with Crippen molar-refractivity contribution in [3.05, 3.63) is 122 Å². The van der Waals surface area contributed by atoms with E-state index in [0.29, 0.717) is 48.4 Å². The minimum Gasteiger partial charge on any atom is -0.493 e. The van der Waals surface area contributed by atoms with Gasteiger partial charge in [-0.1, -0.05) is 47.1 Å². The van der Waals surface area contributed by atoms with Gasteiger partial charge in [0.1, 0.15) is 42.3 Å². The van der Waals surface area contributed by atoms with Crippen molar-refractivity contribution in [2.75, 3.05) is 26.2 Å². The number of aryl methyl sites for hydroxylation is 2. The van der Waals surface area contributed by atoms with Crippen molar-refractivity contribution in [2.45, 2.75) is 73.3 Å². The van der Waals surface area contributed by atoms with Crippen molar-refractivity contribution in [1.82, 2.24) is 20.4 Å². The van der Waals surface area contributed by atoms with Crippen LogP contribution in [-0.4, -0.2) is 41.3 Å². The van der Waals surface area contributed by atoms with E-state index in [4.69, 9.17) is 30.3 Å². The Bertz CT molecular complexity index is 2010. The molecule has 5 aromatic rings. The van der Waals surface area contributed by atoms with E-state index < -0.39 is 0 Å². The lowest BCUT2D eigenvalue weighted by Crippen LogP contribution is -2.22. The number of benzene rings is 3. The molecule has 1 N–H and O–H groups in total. The Morgan fingerprint density at radius 1 is 0.846 bits per heavy atom. The first-order chi connectivity index (χ1) is 25.3. The third-order valence-electron chi connectivity index (χ3n) is 9.71. The van der Waals surface area contributed by atoms with Gasteiger partial charge in [-0.2, -0.15) is 5.26 Å². The number of likely N-dealkylation sites (tertiary alicyclic amines) is 1. The molecule has 52 heavy (non-hydrogen) atoms. The molecule has 270 valence electrons. The van der Waals surface area contributed by atoms with Gasteiger partial charge in [-0.05, 0) is 106 Å². The fraction of sp³-hybridized carbons (Fsp3) is 0.357. The van der Waals surface area contributed by atoms with Crippen LogP contribution in [0.25, 0.3) is 11.1 Å². The van der Waals surface area contributed by atoms with Crippen LogP contribution in [0.5, 0.6) is 17.2 Å². The maximum Gasteiger partial charge on any atom is 0.142 e. The van der Waals surface area contributed by atoms with E-state index >= 15 is 0 Å². The third kappa shape index (κ3) is 9.12. The summed E-state index contributed by atoms with van der Waals surface area (Å²) in [6.07, 6.45) is 6.86. The minimum atomic E-state index is 0.224. The molecule has 10 heteroatoms. The summed E-state index contributed by atoms with van der Waals surface area (Å²) in [6.45, 7) is 13.9. The molecule has 0 aliphatic carbocycles. The van der Waals surface area contributed by atoms with Crippen LogP contribution < -0.4 is 19.5 Å². The van der Waals surface area contributed by atoms with E-state index in [0.717, 1.165) is 74.7 Å². The number of nitrogens with one attached hydrogen (secondary N) is 1. The number of nitriles is 1. The number of ether oxygens (including phenoxy) is 3. The number of hydrogen-bond acceptors (Lipinski definition) is 9. The molecule has 2 aromatic heterocycles. The average molecular weight is 720 g/mol. The largest absolute Gasteiger partial charge is 0.493 e. The number of aromatic nitrogens is 2. The Balaban J connectivity index is 1.17. The molecular formula is C42H46ClN5O4. The van der Waals surface area contributed by atoms with Crippen molar-refractivity contribution in [1.29, 1.82) is 5.26 Å². The highest BCUT2D eigenvalue weighted by molar-refractivity contribution is 6.32. The SMILES string of the molecule is Cc1noc(C)c1CNCc1cc(Cl)c(OCc2cccc(-c3cccc(OCCCN4CCCC4)c3C)c2C)cc1OCc1cncc(C#N)c1. The highest BCUT2D eigenvalue weighted by Gasteiger charge is 2.17. The maximum atomic E-state index is 9.34. The Morgan fingerprint density at radius 3 is 2.38 bits per heavy atom. The molecule has 0 amide bonds. The van der Waals surface area contributed by atoms with Crippen molar-refractivity contribution < 1.29 is 18.7 Å². The van der Waals surface area contributed by atoms with Gasteiger partial charge in [0, 0.05) is 54.8 Å². The number of rotatable bonds is 16. The molecular weight excluding hydrogens is 674 g/mol. The zero-order chi connectivity index (χ0) is 36.5. The number of halogens is 1. The Labute approximate surface area is 311 Å². The summed E-state index contributed by atoms with van der Waals surface area (Å²) in [5.41, 5.74) is 9.60. The van der Waals surface area contributed by atoms with Gasteiger partial charge in [0.15, 0.2) is 0 Å². The van der Waals surface area contributed by atoms with Crippen LogP contribution >= 0.6 is 11.6 Å². The normalized spacial score (nSPS) is 12.9. The predicted molar refractivity (Wildman–Crippen MR) is 203 cm³/mol. The van der Waals surface area contributed by atoms with Gasteiger partial charge in [0.2, 0.25) is 0 Å². The predicted octanol–water partition coefficient (Wildman–Crippen LogP) is 8.81. The zero-order valence-corrected chi connectivity index (χ0v) is 31.2. The van der Waals surface area contributed by atoms with Crippen LogP contribution in [-0.2, 0) is 26.3 Å². The summed E-state index contributed by atoms with van der Waals surface area (Å²) in [7, 11) is 0. The quantitative estimate of drug-likeness (QED) is 0.100. The summed E-state index contributed by atoms with van der Waals surface area (Å²) < 4.78 is 24.3. The van der Waals surface area contributed by atoms with Gasteiger partial charge in [-0.25, -0.2) is 0 Å². The molecule has 0 spiro atoms. The van der Waals surface area contributed by atoms with Crippen LogP contribution in [0.2, 0.25) is 5.02 Å². The first kappa shape index (κ1) is 36.9. The molecule has 0 atom stereocenters. The molecule has 0 saturated carbocycles. The van der Waals surface area contributed by atoms with Gasteiger partial charge in [-0.3, -0.25) is 4.98 Å². The Morgan fingerprint density at radius 2 is 1.62 bits per heavy atom. The molecule has 1 aliphatic rings. The lowest BCUT2D eigenvalue weighted by molar-refractivity contribution is 0.262. The molecule has 9 nitrogen and oxygen atoms in total. The van der Waals surface area contributed by atoms with Crippen molar-refractivity contribution in [3.8, 4) is 34.4 Å². The summed E-state index contributed by atoms with van der Waals surface area (Å²) in [6, 6.07) is 20.2. The highest BCUT2D eigenvalue weighted by Crippen LogP contribution is 2.36. The zero-order valence-electron chi connectivity index (χ0n) is 30.4. The van der Waals surface area contributed by atoms with Gasteiger partial charge < -0.3 is 29.0 Å². The van der Waals surface area contributed by atoms with Gasteiger partial charge in [-0.15, -0.1) is 0 Å². The first-order valence-electron chi connectivity index (χ1n) is 17.9. The van der Waals surface area contributed by atoms with Gasteiger partial charge in [0.25, 0.3) is 0 Å². The van der Waals surface area contributed by atoms with Gasteiger partial charge >= 0.3 is 0 Å². The smallest absolute Gasteiger partial charge is 0.142 e. The third-order valence-corrected chi connectivity index (χ3v) is 10.0. The molecule has 1 saturated heterocycles. The molecule has 1 aliphatic heterocycles. The second-order valence-corrected chi connectivity index (χ2v) is 13.7. The second-order valence-electron chi connectivity index (χ2n) is 13.3. The molecule has 1 fully saturated rings. The van der Waals surface area contributed by atoms with E-state index in [1.165, 1.54) is 32.1 Å². The molecule has 0 bridgehead atoms. The molecule has 3 aromatic carbocycles. The number of hydrogen-bond donors (Lipinski definition) is 1. The monoisotopic (exact) mass is 719 g/mol.